The van der Waals surface area contributed by atoms with E-state index in [0.717, 1.165) is 23.6 Å². The molecule has 0 fully saturated rings. The van der Waals surface area contributed by atoms with Gasteiger partial charge in [0.15, 0.2) is 0 Å². The van der Waals surface area contributed by atoms with Gasteiger partial charge in [-0.1, -0.05) is 38.1 Å². The number of aliphatic hydroxyl groups is 2. The molecule has 0 amide bonds. The summed E-state index contributed by atoms with van der Waals surface area (Å²) in [5.74, 6) is -1.10. The maximum Gasteiger partial charge on any atom is 0.328 e. The standard InChI is InChI=1S/C18H26O4/c1-3-15(16(19)4-2)17(20)11-9-13-7-5-6-8-14(13)10-12-18(21)22/h5-8,10,12,15-17,19-20H,3-4,9,11H2,1-2H3,(H,21,22)/b12-10+. The van der Waals surface area contributed by atoms with E-state index >= 15 is 0 Å². The van der Waals surface area contributed by atoms with Gasteiger partial charge in [-0.3, -0.25) is 0 Å². The fourth-order valence-electron chi connectivity index (χ4n) is 2.71. The molecule has 0 aliphatic rings. The average Bonchev–Trinajstić information content (AvgIpc) is 2.52. The molecule has 0 saturated heterocycles. The zero-order valence-electron chi connectivity index (χ0n) is 13.3. The summed E-state index contributed by atoms with van der Waals surface area (Å²) >= 11 is 0. The summed E-state index contributed by atoms with van der Waals surface area (Å²) in [4.78, 5) is 10.6. The fraction of sp³-hybridized carbons (Fsp3) is 0.500. The van der Waals surface area contributed by atoms with E-state index < -0.39 is 18.2 Å². The summed E-state index contributed by atoms with van der Waals surface area (Å²) in [5.41, 5.74) is 1.85. The van der Waals surface area contributed by atoms with Gasteiger partial charge >= 0.3 is 5.97 Å². The van der Waals surface area contributed by atoms with Crippen molar-refractivity contribution in [3.63, 3.8) is 0 Å². The van der Waals surface area contributed by atoms with Crippen LogP contribution in [-0.4, -0.2) is 33.5 Å². The van der Waals surface area contributed by atoms with Crippen LogP contribution in [0.5, 0.6) is 0 Å². The Morgan fingerprint density at radius 2 is 1.82 bits per heavy atom. The third-order valence-corrected chi connectivity index (χ3v) is 4.05. The van der Waals surface area contributed by atoms with Crippen molar-refractivity contribution in [2.45, 2.75) is 51.7 Å². The number of aliphatic hydroxyl groups excluding tert-OH is 2. The van der Waals surface area contributed by atoms with Crippen molar-refractivity contribution in [2.75, 3.05) is 0 Å². The van der Waals surface area contributed by atoms with Crippen LogP contribution in [0, 0.1) is 5.92 Å². The molecule has 122 valence electrons. The lowest BCUT2D eigenvalue weighted by molar-refractivity contribution is -0.131. The first-order chi connectivity index (χ1) is 10.5. The minimum Gasteiger partial charge on any atom is -0.478 e. The fourth-order valence-corrected chi connectivity index (χ4v) is 2.71. The molecule has 1 aromatic carbocycles. The minimum absolute atomic E-state index is 0.119. The summed E-state index contributed by atoms with van der Waals surface area (Å²) < 4.78 is 0. The molecule has 4 heteroatoms. The highest BCUT2D eigenvalue weighted by atomic mass is 16.4. The van der Waals surface area contributed by atoms with Gasteiger partial charge in [-0.2, -0.15) is 0 Å². The normalized spacial score (nSPS) is 15.6. The molecule has 0 heterocycles. The Morgan fingerprint density at radius 3 is 2.41 bits per heavy atom. The van der Waals surface area contributed by atoms with Gasteiger partial charge < -0.3 is 15.3 Å². The molecule has 0 aromatic heterocycles. The monoisotopic (exact) mass is 306 g/mol. The van der Waals surface area contributed by atoms with E-state index in [0.29, 0.717) is 19.3 Å². The molecule has 0 aliphatic heterocycles. The lowest BCUT2D eigenvalue weighted by atomic mass is 9.88. The Bertz CT molecular complexity index is 496. The molecule has 22 heavy (non-hydrogen) atoms. The van der Waals surface area contributed by atoms with E-state index in [4.69, 9.17) is 5.11 Å². The molecular weight excluding hydrogens is 280 g/mol. The third-order valence-electron chi connectivity index (χ3n) is 4.05. The van der Waals surface area contributed by atoms with Crippen LogP contribution >= 0.6 is 0 Å². The van der Waals surface area contributed by atoms with Gasteiger partial charge in [0.2, 0.25) is 0 Å². The van der Waals surface area contributed by atoms with Crippen molar-refractivity contribution in [3.8, 4) is 0 Å². The molecule has 3 atom stereocenters. The first-order valence-corrected chi connectivity index (χ1v) is 7.84. The maximum atomic E-state index is 10.6. The van der Waals surface area contributed by atoms with E-state index in [1.54, 1.807) is 6.08 Å². The largest absolute Gasteiger partial charge is 0.478 e. The number of carboxylic acid groups (broad SMARTS) is 1. The van der Waals surface area contributed by atoms with Crippen molar-refractivity contribution in [1.29, 1.82) is 0 Å². The number of carboxylic acids is 1. The molecule has 4 nitrogen and oxygen atoms in total. The number of benzene rings is 1. The molecule has 0 spiro atoms. The number of aryl methyl sites for hydroxylation is 1. The Hall–Kier alpha value is -1.65. The van der Waals surface area contributed by atoms with Crippen molar-refractivity contribution in [1.82, 2.24) is 0 Å². The van der Waals surface area contributed by atoms with Crippen LogP contribution in [0.1, 0.15) is 44.2 Å². The Labute approximate surface area is 132 Å². The number of carbonyl (C=O) groups is 1. The molecule has 0 saturated carbocycles. The molecule has 1 aromatic rings. The van der Waals surface area contributed by atoms with Crippen molar-refractivity contribution in [2.24, 2.45) is 5.92 Å². The zero-order valence-corrected chi connectivity index (χ0v) is 13.3. The second kappa shape index (κ2) is 9.38. The summed E-state index contributed by atoms with van der Waals surface area (Å²) in [5, 5.41) is 29.0. The first kappa shape index (κ1) is 18.4. The number of aliphatic carboxylic acids is 1. The van der Waals surface area contributed by atoms with Crippen LogP contribution in [0.15, 0.2) is 30.3 Å². The van der Waals surface area contributed by atoms with Crippen LogP contribution in [0.25, 0.3) is 6.08 Å². The second-order valence-corrected chi connectivity index (χ2v) is 5.52. The molecule has 1 rings (SSSR count). The SMILES string of the molecule is CCC(O)C(CC)C(O)CCc1ccccc1/C=C/C(=O)O. The van der Waals surface area contributed by atoms with Crippen LogP contribution in [-0.2, 0) is 11.2 Å². The maximum absolute atomic E-state index is 10.6. The van der Waals surface area contributed by atoms with E-state index in [1.807, 2.05) is 38.1 Å². The van der Waals surface area contributed by atoms with E-state index in [2.05, 4.69) is 0 Å². The molecule has 0 aliphatic carbocycles. The van der Waals surface area contributed by atoms with Gasteiger partial charge in [-0.25, -0.2) is 4.79 Å². The van der Waals surface area contributed by atoms with Crippen molar-refractivity contribution >= 4 is 12.0 Å². The van der Waals surface area contributed by atoms with Crippen LogP contribution in [0.3, 0.4) is 0 Å². The lowest BCUT2D eigenvalue weighted by Crippen LogP contribution is -2.31. The molecule has 0 radical (unpaired) electrons. The minimum atomic E-state index is -0.980. The molecular formula is C18H26O4. The van der Waals surface area contributed by atoms with Gasteiger partial charge in [0.25, 0.3) is 0 Å². The highest BCUT2D eigenvalue weighted by Crippen LogP contribution is 2.21. The second-order valence-electron chi connectivity index (χ2n) is 5.52. The Balaban J connectivity index is 2.73. The van der Waals surface area contributed by atoms with Crippen molar-refractivity contribution < 1.29 is 20.1 Å². The van der Waals surface area contributed by atoms with Crippen LogP contribution in [0.4, 0.5) is 0 Å². The highest BCUT2D eigenvalue weighted by Gasteiger charge is 2.23. The van der Waals surface area contributed by atoms with Gasteiger partial charge in [0.1, 0.15) is 0 Å². The van der Waals surface area contributed by atoms with E-state index in [9.17, 15) is 15.0 Å². The van der Waals surface area contributed by atoms with Crippen molar-refractivity contribution in [3.05, 3.63) is 41.5 Å². The number of rotatable bonds is 9. The molecule has 3 unspecified atom stereocenters. The molecule has 0 bridgehead atoms. The molecule has 3 N–H and O–H groups in total. The number of hydrogen-bond acceptors (Lipinski definition) is 3. The van der Waals surface area contributed by atoms with Crippen LogP contribution in [0.2, 0.25) is 0 Å². The Morgan fingerprint density at radius 1 is 1.14 bits per heavy atom. The van der Waals surface area contributed by atoms with E-state index in [-0.39, 0.29) is 5.92 Å². The quantitative estimate of drug-likeness (QED) is 0.613. The van der Waals surface area contributed by atoms with Crippen LogP contribution < -0.4 is 0 Å². The predicted octanol–water partition coefficient (Wildman–Crippen LogP) is 2.88. The average molecular weight is 306 g/mol. The van der Waals surface area contributed by atoms with E-state index in [1.165, 1.54) is 0 Å². The summed E-state index contributed by atoms with van der Waals surface area (Å²) in [6.07, 6.45) is 4.21. The summed E-state index contributed by atoms with van der Waals surface area (Å²) in [6.45, 7) is 3.88. The number of hydrogen-bond donors (Lipinski definition) is 3. The first-order valence-electron chi connectivity index (χ1n) is 7.84. The lowest BCUT2D eigenvalue weighted by Gasteiger charge is -2.26. The third kappa shape index (κ3) is 5.62. The van der Waals surface area contributed by atoms with Gasteiger partial charge in [0, 0.05) is 12.0 Å². The van der Waals surface area contributed by atoms with Gasteiger partial charge in [0.05, 0.1) is 12.2 Å². The highest BCUT2D eigenvalue weighted by molar-refractivity contribution is 5.85. The van der Waals surface area contributed by atoms with Gasteiger partial charge in [-0.05, 0) is 42.9 Å². The smallest absolute Gasteiger partial charge is 0.328 e. The van der Waals surface area contributed by atoms with Gasteiger partial charge in [-0.15, -0.1) is 0 Å². The predicted molar refractivity (Wildman–Crippen MR) is 87.5 cm³/mol. The summed E-state index contributed by atoms with van der Waals surface area (Å²) in [6, 6.07) is 7.56. The summed E-state index contributed by atoms with van der Waals surface area (Å²) in [7, 11) is 0. The Kier molecular flexibility index (Phi) is 7.85. The topological polar surface area (TPSA) is 77.8 Å². The zero-order chi connectivity index (χ0) is 16.5.